The smallest absolute Gasteiger partial charge is 0.298 e. The SMILES string of the molecule is O=C1c2ccccc2C(=O)c2c(O)c(S(=O)(=O)O)cc(Br)c21. The number of carbonyl (C=O) groups excluding carboxylic acids is 2. The molecule has 0 unspecified atom stereocenters. The average Bonchev–Trinajstić information content (AvgIpc) is 2.45. The molecule has 0 aliphatic heterocycles. The molecule has 112 valence electrons. The Labute approximate surface area is 133 Å². The van der Waals surface area contributed by atoms with Crippen LogP contribution in [0.5, 0.6) is 5.75 Å². The lowest BCUT2D eigenvalue weighted by Crippen LogP contribution is -2.22. The second-order valence-electron chi connectivity index (χ2n) is 4.63. The highest BCUT2D eigenvalue weighted by Gasteiger charge is 2.36. The monoisotopic (exact) mass is 382 g/mol. The Bertz CT molecular complexity index is 962. The van der Waals surface area contributed by atoms with Gasteiger partial charge in [-0.3, -0.25) is 14.1 Å². The summed E-state index contributed by atoms with van der Waals surface area (Å²) in [7, 11) is -4.75. The minimum Gasteiger partial charge on any atom is -0.506 e. The summed E-state index contributed by atoms with van der Waals surface area (Å²) in [4.78, 5) is 24.1. The maximum Gasteiger partial charge on any atom is 0.298 e. The molecule has 2 aromatic carbocycles. The van der Waals surface area contributed by atoms with Crippen molar-refractivity contribution in [3.63, 3.8) is 0 Å². The first-order valence-corrected chi connectivity index (χ1v) is 8.18. The number of benzene rings is 2. The average molecular weight is 383 g/mol. The number of rotatable bonds is 1. The molecule has 2 aromatic rings. The van der Waals surface area contributed by atoms with Gasteiger partial charge < -0.3 is 5.11 Å². The summed E-state index contributed by atoms with van der Waals surface area (Å²) in [6, 6.07) is 6.91. The Morgan fingerprint density at radius 1 is 0.955 bits per heavy atom. The second-order valence-corrected chi connectivity index (χ2v) is 6.88. The van der Waals surface area contributed by atoms with Gasteiger partial charge in [0.25, 0.3) is 10.1 Å². The first-order valence-electron chi connectivity index (χ1n) is 5.95. The number of hydrogen-bond acceptors (Lipinski definition) is 5. The number of fused-ring (bicyclic) bond motifs is 2. The van der Waals surface area contributed by atoms with E-state index in [2.05, 4.69) is 15.9 Å². The lowest BCUT2D eigenvalue weighted by atomic mass is 9.83. The van der Waals surface area contributed by atoms with E-state index in [1.165, 1.54) is 12.1 Å². The molecule has 0 spiro atoms. The number of aromatic hydroxyl groups is 1. The summed E-state index contributed by atoms with van der Waals surface area (Å²) in [5.74, 6) is -2.14. The van der Waals surface area contributed by atoms with Crippen LogP contribution in [0.1, 0.15) is 31.8 Å². The Balaban J connectivity index is 2.44. The van der Waals surface area contributed by atoms with Crippen molar-refractivity contribution in [3.8, 4) is 5.75 Å². The summed E-state index contributed by atoms with van der Waals surface area (Å²) in [6.07, 6.45) is 0. The van der Waals surface area contributed by atoms with Gasteiger partial charge in [0.1, 0.15) is 10.6 Å². The predicted octanol–water partition coefficient (Wildman–Crippen LogP) is 2.18. The Hall–Kier alpha value is -2.03. The van der Waals surface area contributed by atoms with Gasteiger partial charge in [0.2, 0.25) is 0 Å². The van der Waals surface area contributed by atoms with Gasteiger partial charge in [-0.2, -0.15) is 8.42 Å². The van der Waals surface area contributed by atoms with Gasteiger partial charge in [-0.1, -0.05) is 24.3 Å². The summed E-state index contributed by atoms with van der Waals surface area (Å²) in [5.41, 5.74) is -0.339. The topological polar surface area (TPSA) is 109 Å². The fourth-order valence-corrected chi connectivity index (χ4v) is 3.78. The number of phenols is 1. The molecule has 22 heavy (non-hydrogen) atoms. The summed E-state index contributed by atoms with van der Waals surface area (Å²) in [5, 5.41) is 10.1. The van der Waals surface area contributed by atoms with Crippen molar-refractivity contribution in [1.82, 2.24) is 0 Å². The third-order valence-corrected chi connectivity index (χ3v) is 4.86. The molecule has 0 atom stereocenters. The minimum atomic E-state index is -4.75. The van der Waals surface area contributed by atoms with Gasteiger partial charge in [-0.25, -0.2) is 0 Å². The van der Waals surface area contributed by atoms with E-state index in [0.29, 0.717) is 0 Å². The van der Waals surface area contributed by atoms with Crippen LogP contribution in [-0.4, -0.2) is 29.6 Å². The molecule has 0 amide bonds. The standard InChI is InChI=1S/C14H7BrO6S/c15-8-5-9(22(19,20)21)14(18)11-10(8)12(16)6-3-1-2-4-7(6)13(11)17/h1-5,18H,(H,19,20,21). The van der Waals surface area contributed by atoms with E-state index in [-0.39, 0.29) is 21.2 Å². The lowest BCUT2D eigenvalue weighted by Gasteiger charge is -2.20. The number of carbonyl (C=O) groups is 2. The van der Waals surface area contributed by atoms with Crippen LogP contribution in [0, 0.1) is 0 Å². The third kappa shape index (κ3) is 1.99. The van der Waals surface area contributed by atoms with Gasteiger partial charge in [0.05, 0.1) is 11.1 Å². The highest BCUT2D eigenvalue weighted by molar-refractivity contribution is 9.10. The van der Waals surface area contributed by atoms with Crippen molar-refractivity contribution in [2.75, 3.05) is 0 Å². The van der Waals surface area contributed by atoms with Crippen molar-refractivity contribution in [3.05, 3.63) is 57.1 Å². The van der Waals surface area contributed by atoms with Crippen LogP contribution in [0.4, 0.5) is 0 Å². The summed E-state index contributed by atoms with van der Waals surface area (Å²) >= 11 is 3.02. The first-order chi connectivity index (χ1) is 10.2. The van der Waals surface area contributed by atoms with E-state index in [1.54, 1.807) is 12.1 Å². The van der Waals surface area contributed by atoms with Crippen LogP contribution in [0.25, 0.3) is 0 Å². The van der Waals surface area contributed by atoms with Gasteiger partial charge in [-0.15, -0.1) is 0 Å². The normalized spacial score (nSPS) is 13.7. The van der Waals surface area contributed by atoms with E-state index in [1.807, 2.05) is 0 Å². The van der Waals surface area contributed by atoms with Gasteiger partial charge in [0, 0.05) is 15.6 Å². The first kappa shape index (κ1) is 14.9. The molecule has 0 saturated carbocycles. The molecule has 1 aliphatic rings. The van der Waals surface area contributed by atoms with Crippen LogP contribution >= 0.6 is 15.9 Å². The van der Waals surface area contributed by atoms with Crippen LogP contribution in [-0.2, 0) is 10.1 Å². The fraction of sp³-hybridized carbons (Fsp3) is 0. The molecule has 1 aliphatic carbocycles. The highest BCUT2D eigenvalue weighted by Crippen LogP contribution is 2.40. The number of hydrogen-bond donors (Lipinski definition) is 2. The van der Waals surface area contributed by atoms with Gasteiger partial charge >= 0.3 is 0 Å². The summed E-state index contributed by atoms with van der Waals surface area (Å²) in [6.45, 7) is 0. The highest BCUT2D eigenvalue weighted by atomic mass is 79.9. The Morgan fingerprint density at radius 2 is 1.45 bits per heavy atom. The number of ketones is 2. The molecule has 6 nitrogen and oxygen atoms in total. The van der Waals surface area contributed by atoms with Crippen LogP contribution < -0.4 is 0 Å². The minimum absolute atomic E-state index is 0.000720. The van der Waals surface area contributed by atoms with Crippen molar-refractivity contribution < 1.29 is 27.7 Å². The fourth-order valence-electron chi connectivity index (χ4n) is 2.40. The van der Waals surface area contributed by atoms with E-state index in [4.69, 9.17) is 4.55 Å². The van der Waals surface area contributed by atoms with E-state index in [9.17, 15) is 23.1 Å². The molecule has 0 radical (unpaired) electrons. The molecule has 3 rings (SSSR count). The molecule has 8 heteroatoms. The zero-order chi connectivity index (χ0) is 16.2. The van der Waals surface area contributed by atoms with E-state index < -0.39 is 37.9 Å². The van der Waals surface area contributed by atoms with Crippen LogP contribution in [0.2, 0.25) is 0 Å². The predicted molar refractivity (Wildman–Crippen MR) is 78.9 cm³/mol. The molecular formula is C14H7BrO6S. The zero-order valence-electron chi connectivity index (χ0n) is 10.7. The molecule has 0 aromatic heterocycles. The van der Waals surface area contributed by atoms with Crippen molar-refractivity contribution in [2.24, 2.45) is 0 Å². The van der Waals surface area contributed by atoms with E-state index in [0.717, 1.165) is 6.07 Å². The van der Waals surface area contributed by atoms with Gasteiger partial charge in [-0.05, 0) is 22.0 Å². The number of halogens is 1. The maximum absolute atomic E-state index is 12.5. The van der Waals surface area contributed by atoms with Crippen molar-refractivity contribution >= 4 is 37.6 Å². The van der Waals surface area contributed by atoms with Crippen LogP contribution in [0.15, 0.2) is 39.7 Å². The summed E-state index contributed by atoms with van der Waals surface area (Å²) < 4.78 is 31.7. The van der Waals surface area contributed by atoms with Crippen LogP contribution in [0.3, 0.4) is 0 Å². The molecule has 2 N–H and O–H groups in total. The van der Waals surface area contributed by atoms with Crippen molar-refractivity contribution in [2.45, 2.75) is 4.90 Å². The lowest BCUT2D eigenvalue weighted by molar-refractivity contribution is 0.0975. The van der Waals surface area contributed by atoms with Crippen molar-refractivity contribution in [1.29, 1.82) is 0 Å². The second kappa shape index (κ2) is 4.73. The maximum atomic E-state index is 12.5. The number of phenolic OH excluding ortho intramolecular Hbond substituents is 1. The molecule has 0 fully saturated rings. The molecular weight excluding hydrogens is 376 g/mol. The molecule has 0 heterocycles. The Kier molecular flexibility index (Phi) is 3.20. The largest absolute Gasteiger partial charge is 0.506 e. The zero-order valence-corrected chi connectivity index (χ0v) is 13.1. The molecule has 0 saturated heterocycles. The quantitative estimate of drug-likeness (QED) is 0.624. The third-order valence-electron chi connectivity index (χ3n) is 3.37. The Morgan fingerprint density at radius 3 is 1.95 bits per heavy atom. The molecule has 0 bridgehead atoms. The van der Waals surface area contributed by atoms with E-state index >= 15 is 0 Å². The van der Waals surface area contributed by atoms with Gasteiger partial charge in [0.15, 0.2) is 11.6 Å².